The SMILES string of the molecule is C/C(=C\C(=C/C(C)c1ccccc1)c1ccc(/C(=C/Cc2cccc3ccccc23)c2cc(-c3cccc4ccccc34)ccc2C)cc1)c1ccccc1. The molecule has 0 aromatic heterocycles. The van der Waals surface area contributed by atoms with Gasteiger partial charge in [0.25, 0.3) is 0 Å². The lowest BCUT2D eigenvalue weighted by atomic mass is 9.88. The minimum atomic E-state index is 0.256. The zero-order valence-corrected chi connectivity index (χ0v) is 31.9. The van der Waals surface area contributed by atoms with Gasteiger partial charge in [0.05, 0.1) is 0 Å². The Morgan fingerprint density at radius 3 is 1.89 bits per heavy atom. The van der Waals surface area contributed by atoms with Crippen molar-refractivity contribution in [2.24, 2.45) is 0 Å². The predicted octanol–water partition coefficient (Wildman–Crippen LogP) is 14.9. The molecule has 266 valence electrons. The molecule has 0 nitrogen and oxygen atoms in total. The fourth-order valence-electron chi connectivity index (χ4n) is 7.83. The first kappa shape index (κ1) is 35.5. The number of hydrogen-bond acceptors (Lipinski definition) is 0. The molecule has 0 aliphatic carbocycles. The summed E-state index contributed by atoms with van der Waals surface area (Å²) in [5.41, 5.74) is 15.0. The van der Waals surface area contributed by atoms with E-state index in [1.807, 2.05) is 0 Å². The molecule has 8 aromatic carbocycles. The van der Waals surface area contributed by atoms with Crippen LogP contribution in [0.25, 0.3) is 49.4 Å². The highest BCUT2D eigenvalue weighted by molar-refractivity contribution is 5.98. The van der Waals surface area contributed by atoms with Gasteiger partial charge in [-0.25, -0.2) is 0 Å². The molecule has 0 spiro atoms. The molecule has 0 saturated heterocycles. The van der Waals surface area contributed by atoms with Crippen molar-refractivity contribution in [3.8, 4) is 11.1 Å². The fraction of sp³-hybridized carbons (Fsp3) is 0.0909. The Kier molecular flexibility index (Phi) is 10.5. The Morgan fingerprint density at radius 2 is 1.15 bits per heavy atom. The highest BCUT2D eigenvalue weighted by Crippen LogP contribution is 2.36. The van der Waals surface area contributed by atoms with Gasteiger partial charge in [0.1, 0.15) is 0 Å². The normalized spacial score (nSPS) is 13.0. The third kappa shape index (κ3) is 7.91. The Hall–Kier alpha value is -6.50. The topological polar surface area (TPSA) is 0 Å². The number of aryl methyl sites for hydroxylation is 1. The van der Waals surface area contributed by atoms with E-state index in [1.54, 1.807) is 0 Å². The summed E-state index contributed by atoms with van der Waals surface area (Å²) in [4.78, 5) is 0. The van der Waals surface area contributed by atoms with Crippen LogP contribution in [0.3, 0.4) is 0 Å². The van der Waals surface area contributed by atoms with Gasteiger partial charge in [-0.05, 0) is 121 Å². The van der Waals surface area contributed by atoms with E-state index in [4.69, 9.17) is 0 Å². The minimum absolute atomic E-state index is 0.256. The zero-order chi connectivity index (χ0) is 37.6. The number of benzene rings is 8. The van der Waals surface area contributed by atoms with Crippen molar-refractivity contribution in [2.75, 3.05) is 0 Å². The van der Waals surface area contributed by atoms with E-state index in [0.29, 0.717) is 0 Å². The van der Waals surface area contributed by atoms with E-state index in [9.17, 15) is 0 Å². The van der Waals surface area contributed by atoms with Crippen molar-refractivity contribution in [1.29, 1.82) is 0 Å². The first-order valence-electron chi connectivity index (χ1n) is 19.4. The second kappa shape index (κ2) is 16.3. The van der Waals surface area contributed by atoms with E-state index < -0.39 is 0 Å². The van der Waals surface area contributed by atoms with E-state index >= 15 is 0 Å². The molecule has 0 radical (unpaired) electrons. The number of fused-ring (bicyclic) bond motifs is 2. The lowest BCUT2D eigenvalue weighted by molar-refractivity contribution is 0.970. The van der Waals surface area contributed by atoms with Crippen LogP contribution >= 0.6 is 0 Å². The quantitative estimate of drug-likeness (QED) is 0.124. The molecule has 0 heteroatoms. The van der Waals surface area contributed by atoms with Gasteiger partial charge in [0, 0.05) is 0 Å². The van der Waals surface area contributed by atoms with Crippen LogP contribution in [-0.4, -0.2) is 0 Å². The molecule has 0 amide bonds. The summed E-state index contributed by atoms with van der Waals surface area (Å²) in [5.74, 6) is 0.256. The van der Waals surface area contributed by atoms with Crippen molar-refractivity contribution in [3.05, 3.63) is 245 Å². The largest absolute Gasteiger partial charge is 0.0716 e. The van der Waals surface area contributed by atoms with Crippen LogP contribution in [0, 0.1) is 6.92 Å². The molecule has 0 N–H and O–H groups in total. The molecule has 1 atom stereocenters. The molecule has 0 saturated carbocycles. The maximum Gasteiger partial charge on any atom is -0.000123 e. The first-order chi connectivity index (χ1) is 27.0. The summed E-state index contributed by atoms with van der Waals surface area (Å²) in [7, 11) is 0. The highest BCUT2D eigenvalue weighted by atomic mass is 14.2. The molecule has 0 bridgehead atoms. The van der Waals surface area contributed by atoms with E-state index in [0.717, 1.165) is 6.42 Å². The molecule has 8 rings (SSSR count). The Labute approximate surface area is 326 Å². The monoisotopic (exact) mass is 706 g/mol. The van der Waals surface area contributed by atoms with Crippen LogP contribution in [0.5, 0.6) is 0 Å². The van der Waals surface area contributed by atoms with Crippen molar-refractivity contribution in [3.63, 3.8) is 0 Å². The Balaban J connectivity index is 1.24. The summed E-state index contributed by atoms with van der Waals surface area (Å²) in [6.45, 7) is 6.74. The van der Waals surface area contributed by atoms with Gasteiger partial charge in [-0.3, -0.25) is 0 Å². The summed E-state index contributed by atoms with van der Waals surface area (Å²) in [5, 5.41) is 5.11. The van der Waals surface area contributed by atoms with Gasteiger partial charge in [-0.2, -0.15) is 0 Å². The van der Waals surface area contributed by atoms with E-state index in [2.05, 4.69) is 227 Å². The van der Waals surface area contributed by atoms with Crippen LogP contribution in [0.15, 0.2) is 206 Å². The number of rotatable bonds is 10. The second-order valence-electron chi connectivity index (χ2n) is 14.6. The van der Waals surface area contributed by atoms with Crippen LogP contribution in [0.4, 0.5) is 0 Å². The third-order valence-corrected chi connectivity index (χ3v) is 10.9. The van der Waals surface area contributed by atoms with Crippen LogP contribution < -0.4 is 0 Å². The van der Waals surface area contributed by atoms with Crippen molar-refractivity contribution < 1.29 is 0 Å². The Bertz CT molecular complexity index is 2660. The summed E-state index contributed by atoms with van der Waals surface area (Å²) < 4.78 is 0. The fourth-order valence-corrected chi connectivity index (χ4v) is 7.83. The molecular formula is C55H46. The van der Waals surface area contributed by atoms with E-state index in [-0.39, 0.29) is 5.92 Å². The third-order valence-electron chi connectivity index (χ3n) is 10.9. The first-order valence-corrected chi connectivity index (χ1v) is 19.4. The van der Waals surface area contributed by atoms with Gasteiger partial charge in [-0.1, -0.05) is 207 Å². The summed E-state index contributed by atoms with van der Waals surface area (Å²) >= 11 is 0. The van der Waals surface area contributed by atoms with Gasteiger partial charge in [0.15, 0.2) is 0 Å². The van der Waals surface area contributed by atoms with Crippen LogP contribution in [-0.2, 0) is 6.42 Å². The molecular weight excluding hydrogens is 661 g/mol. The zero-order valence-electron chi connectivity index (χ0n) is 31.9. The van der Waals surface area contributed by atoms with Crippen molar-refractivity contribution in [1.82, 2.24) is 0 Å². The lowest BCUT2D eigenvalue weighted by Gasteiger charge is -2.17. The smallest absolute Gasteiger partial charge is 0.000123 e. The molecule has 1 unspecified atom stereocenters. The molecule has 55 heavy (non-hydrogen) atoms. The van der Waals surface area contributed by atoms with Crippen molar-refractivity contribution >= 4 is 38.3 Å². The predicted molar refractivity (Wildman–Crippen MR) is 238 cm³/mol. The highest BCUT2D eigenvalue weighted by Gasteiger charge is 2.14. The standard InChI is InChI=1S/C55H46/c1-39-28-29-49(53-27-15-24-46-21-11-13-26-52(46)53)38-55(39)54(35-34-47-23-14-22-45-20-10-12-25-51(45)47)48-32-30-44(31-33-48)50(36-40(2)42-16-6-4-7-17-42)37-41(3)43-18-8-5-9-19-43/h4-33,35-38,40H,34H2,1-3H3/b41-37+,50-36+,54-35-. The van der Waals surface area contributed by atoms with Gasteiger partial charge in [0.2, 0.25) is 0 Å². The van der Waals surface area contributed by atoms with E-state index in [1.165, 1.54) is 88.3 Å². The number of hydrogen-bond donors (Lipinski definition) is 0. The molecule has 0 aliphatic rings. The van der Waals surface area contributed by atoms with Crippen molar-refractivity contribution in [2.45, 2.75) is 33.1 Å². The maximum atomic E-state index is 2.44. The molecule has 0 fully saturated rings. The number of allylic oxidation sites excluding steroid dienone is 5. The molecule has 0 aliphatic heterocycles. The molecule has 0 heterocycles. The summed E-state index contributed by atoms with van der Waals surface area (Å²) in [6.07, 6.45) is 8.03. The summed E-state index contributed by atoms with van der Waals surface area (Å²) in [6, 6.07) is 68.4. The van der Waals surface area contributed by atoms with Gasteiger partial charge < -0.3 is 0 Å². The van der Waals surface area contributed by atoms with Gasteiger partial charge >= 0.3 is 0 Å². The Morgan fingerprint density at radius 1 is 0.545 bits per heavy atom. The average molecular weight is 707 g/mol. The van der Waals surface area contributed by atoms with Gasteiger partial charge in [-0.15, -0.1) is 0 Å². The lowest BCUT2D eigenvalue weighted by Crippen LogP contribution is -1.96. The maximum absolute atomic E-state index is 2.44. The second-order valence-corrected chi connectivity index (χ2v) is 14.6. The van der Waals surface area contributed by atoms with Crippen LogP contribution in [0.1, 0.15) is 58.7 Å². The van der Waals surface area contributed by atoms with Crippen LogP contribution in [0.2, 0.25) is 0 Å². The average Bonchev–Trinajstić information content (AvgIpc) is 3.24. The molecule has 8 aromatic rings. The minimum Gasteiger partial charge on any atom is -0.0716 e.